The zero-order valence-electron chi connectivity index (χ0n) is 19.1. The summed E-state index contributed by atoms with van der Waals surface area (Å²) in [5.74, 6) is -1.88. The number of nitrogens with zero attached hydrogens (tertiary/aromatic N) is 1. The van der Waals surface area contributed by atoms with Crippen molar-refractivity contribution in [2.45, 2.75) is 66.3 Å². The van der Waals surface area contributed by atoms with Crippen molar-refractivity contribution < 1.29 is 37.4 Å². The van der Waals surface area contributed by atoms with Crippen LogP contribution in [0.1, 0.15) is 53.5 Å². The van der Waals surface area contributed by atoms with Crippen LogP contribution in [0.2, 0.25) is 0 Å². The van der Waals surface area contributed by atoms with E-state index in [4.69, 9.17) is 4.74 Å². The lowest BCUT2D eigenvalue weighted by molar-refractivity contribution is -0.159. The van der Waals surface area contributed by atoms with Gasteiger partial charge in [0.15, 0.2) is 6.10 Å². The summed E-state index contributed by atoms with van der Waals surface area (Å²) >= 11 is 0. The van der Waals surface area contributed by atoms with Gasteiger partial charge in [-0.1, -0.05) is 34.6 Å². The number of anilines is 1. The predicted molar refractivity (Wildman–Crippen MR) is 113 cm³/mol. The molecular weight excluding hydrogens is 429 g/mol. The Labute approximate surface area is 185 Å². The van der Waals surface area contributed by atoms with Crippen LogP contribution in [0.15, 0.2) is 24.3 Å². The van der Waals surface area contributed by atoms with E-state index in [0.29, 0.717) is 0 Å². The van der Waals surface area contributed by atoms with Gasteiger partial charge in [-0.05, 0) is 48.9 Å². The molecule has 1 rings (SSSR count). The number of ether oxygens (including phenoxy) is 1. The molecule has 1 aromatic carbocycles. The fraction of sp³-hybridized carbons (Fsp3) is 0.591. The molecule has 0 saturated heterocycles. The molecule has 0 aliphatic rings. The van der Waals surface area contributed by atoms with Crippen molar-refractivity contribution in [3.05, 3.63) is 29.8 Å². The normalized spacial score (nSPS) is 13.9. The van der Waals surface area contributed by atoms with Crippen molar-refractivity contribution >= 4 is 23.7 Å². The first-order valence-corrected chi connectivity index (χ1v) is 10.3. The van der Waals surface area contributed by atoms with E-state index in [1.165, 1.54) is 4.90 Å². The molecule has 0 aliphatic carbocycles. The topological polar surface area (TPSA) is 95.9 Å². The average molecular weight is 460 g/mol. The van der Waals surface area contributed by atoms with Gasteiger partial charge in [0.2, 0.25) is 0 Å². The van der Waals surface area contributed by atoms with Gasteiger partial charge in [0, 0.05) is 12.2 Å². The third-order valence-corrected chi connectivity index (χ3v) is 4.66. The number of rotatable bonds is 8. The first-order valence-electron chi connectivity index (χ1n) is 10.3. The smallest absolute Gasteiger partial charge is 0.416 e. The van der Waals surface area contributed by atoms with E-state index in [1.807, 2.05) is 13.8 Å². The first-order chi connectivity index (χ1) is 14.6. The van der Waals surface area contributed by atoms with E-state index >= 15 is 0 Å². The summed E-state index contributed by atoms with van der Waals surface area (Å²) in [5, 5.41) is 12.0. The highest BCUT2D eigenvalue weighted by Crippen LogP contribution is 2.30. The molecule has 0 bridgehead atoms. The number of halogens is 3. The molecule has 2 amide bonds. The van der Waals surface area contributed by atoms with Crippen LogP contribution >= 0.6 is 0 Å². The Hall–Kier alpha value is -2.78. The minimum atomic E-state index is -4.51. The second kappa shape index (κ2) is 10.7. The molecule has 0 heterocycles. The molecule has 32 heavy (non-hydrogen) atoms. The number of alkyl halides is 3. The number of hydrogen-bond acceptors (Lipinski definition) is 4. The van der Waals surface area contributed by atoms with E-state index in [-0.39, 0.29) is 24.6 Å². The lowest BCUT2D eigenvalue weighted by Gasteiger charge is -2.38. The third-order valence-electron chi connectivity index (χ3n) is 4.66. The molecule has 0 aliphatic heterocycles. The molecule has 7 nitrogen and oxygen atoms in total. The number of nitrogens with one attached hydrogen (secondary N) is 1. The van der Waals surface area contributed by atoms with Crippen LogP contribution in [0.4, 0.5) is 23.7 Å². The quantitative estimate of drug-likeness (QED) is 0.568. The minimum Gasteiger partial charge on any atom is -0.480 e. The van der Waals surface area contributed by atoms with E-state index in [2.05, 4.69) is 5.32 Å². The molecule has 0 spiro atoms. The molecular formula is C22H31F3N2O5. The Balaban J connectivity index is 3.05. The first kappa shape index (κ1) is 27.3. The van der Waals surface area contributed by atoms with Crippen LogP contribution in [-0.2, 0) is 20.5 Å². The number of carbonyl (C=O) groups is 3. The molecule has 2 N–H and O–H groups in total. The minimum absolute atomic E-state index is 0.0561. The van der Waals surface area contributed by atoms with Gasteiger partial charge in [0.05, 0.1) is 5.56 Å². The number of hydrogen-bond donors (Lipinski definition) is 2. The SMILES string of the molecule is CCN(C(=O)[C@H](CC(C)C)OC(=O)Nc1ccc(C(F)(F)F)cc1)C(C(=O)O)C(C)(C)C. The zero-order valence-corrected chi connectivity index (χ0v) is 19.1. The summed E-state index contributed by atoms with van der Waals surface area (Å²) in [6.45, 7) is 10.4. The number of likely N-dealkylation sites (N-methyl/N-ethyl adjacent to an activating group) is 1. The highest BCUT2D eigenvalue weighted by molar-refractivity contribution is 5.91. The van der Waals surface area contributed by atoms with Gasteiger partial charge in [0.25, 0.3) is 5.91 Å². The van der Waals surface area contributed by atoms with Crippen molar-refractivity contribution in [2.24, 2.45) is 11.3 Å². The predicted octanol–water partition coefficient (Wildman–Crippen LogP) is 5.02. The van der Waals surface area contributed by atoms with Gasteiger partial charge < -0.3 is 14.7 Å². The standard InChI is InChI=1S/C22H31F3N2O5/c1-7-27(17(19(29)30)21(4,5)6)18(28)16(12-13(2)3)32-20(31)26-15-10-8-14(9-11-15)22(23,24)25/h8-11,13,16-17H,7,12H2,1-6H3,(H,26,31)(H,29,30)/t16-,17?/m0/s1. The number of carbonyl (C=O) groups excluding carboxylic acids is 2. The van der Waals surface area contributed by atoms with E-state index in [0.717, 1.165) is 24.3 Å². The number of amides is 2. The molecule has 2 atom stereocenters. The van der Waals surface area contributed by atoms with Gasteiger partial charge in [-0.3, -0.25) is 10.1 Å². The van der Waals surface area contributed by atoms with Crippen molar-refractivity contribution in [2.75, 3.05) is 11.9 Å². The summed E-state index contributed by atoms with van der Waals surface area (Å²) in [6, 6.07) is 2.62. The average Bonchev–Trinajstić information content (AvgIpc) is 2.62. The molecule has 1 unspecified atom stereocenters. The number of benzene rings is 1. The molecule has 0 radical (unpaired) electrons. The van der Waals surface area contributed by atoms with Gasteiger partial charge in [0.1, 0.15) is 6.04 Å². The Morgan fingerprint density at radius 2 is 1.62 bits per heavy atom. The summed E-state index contributed by atoms with van der Waals surface area (Å²) in [4.78, 5) is 38.6. The van der Waals surface area contributed by atoms with E-state index in [1.54, 1.807) is 27.7 Å². The van der Waals surface area contributed by atoms with Gasteiger partial charge in [-0.15, -0.1) is 0 Å². The summed E-state index contributed by atoms with van der Waals surface area (Å²) in [5.41, 5.74) is -1.59. The second-order valence-electron chi connectivity index (χ2n) is 8.95. The van der Waals surface area contributed by atoms with E-state index < -0.39 is 47.3 Å². The van der Waals surface area contributed by atoms with Gasteiger partial charge in [-0.2, -0.15) is 13.2 Å². The molecule has 180 valence electrons. The molecule has 1 aromatic rings. The summed E-state index contributed by atoms with van der Waals surface area (Å²) < 4.78 is 43.3. The van der Waals surface area contributed by atoms with Crippen molar-refractivity contribution in [3.63, 3.8) is 0 Å². The Kier molecular flexibility index (Phi) is 9.11. The van der Waals surface area contributed by atoms with Crippen LogP contribution in [0, 0.1) is 11.3 Å². The fourth-order valence-electron chi connectivity index (χ4n) is 3.27. The maximum atomic E-state index is 13.2. The molecule has 0 saturated carbocycles. The van der Waals surface area contributed by atoms with Crippen LogP contribution in [0.25, 0.3) is 0 Å². The van der Waals surface area contributed by atoms with Crippen molar-refractivity contribution in [1.82, 2.24) is 4.90 Å². The highest BCUT2D eigenvalue weighted by Gasteiger charge is 2.41. The fourth-order valence-corrected chi connectivity index (χ4v) is 3.27. The molecule has 0 fully saturated rings. The van der Waals surface area contributed by atoms with Crippen LogP contribution in [0.3, 0.4) is 0 Å². The molecule has 10 heteroatoms. The molecule has 0 aromatic heterocycles. The van der Waals surface area contributed by atoms with Crippen molar-refractivity contribution in [1.29, 1.82) is 0 Å². The lowest BCUT2D eigenvalue weighted by Crippen LogP contribution is -2.55. The number of aliphatic carboxylic acids is 1. The maximum absolute atomic E-state index is 13.2. The zero-order chi connectivity index (χ0) is 24.9. The Bertz CT molecular complexity index is 801. The number of carboxylic acids is 1. The summed E-state index contributed by atoms with van der Waals surface area (Å²) in [6.07, 6.45) is -6.65. The largest absolute Gasteiger partial charge is 0.480 e. The van der Waals surface area contributed by atoms with Gasteiger partial charge in [-0.25, -0.2) is 9.59 Å². The monoisotopic (exact) mass is 460 g/mol. The van der Waals surface area contributed by atoms with E-state index in [9.17, 15) is 32.7 Å². The number of carboxylic acid groups (broad SMARTS) is 1. The van der Waals surface area contributed by atoms with Crippen LogP contribution in [0.5, 0.6) is 0 Å². The highest BCUT2D eigenvalue weighted by atomic mass is 19.4. The Morgan fingerprint density at radius 1 is 1.09 bits per heavy atom. The maximum Gasteiger partial charge on any atom is 0.416 e. The third kappa shape index (κ3) is 7.72. The second-order valence-corrected chi connectivity index (χ2v) is 8.95. The summed E-state index contributed by atoms with van der Waals surface area (Å²) in [7, 11) is 0. The van der Waals surface area contributed by atoms with Gasteiger partial charge >= 0.3 is 18.2 Å². The Morgan fingerprint density at radius 3 is 2.00 bits per heavy atom. The lowest BCUT2D eigenvalue weighted by atomic mass is 9.85. The van der Waals surface area contributed by atoms with Crippen LogP contribution < -0.4 is 5.32 Å². The van der Waals surface area contributed by atoms with Crippen LogP contribution in [-0.4, -0.2) is 46.7 Å². The van der Waals surface area contributed by atoms with Crippen molar-refractivity contribution in [3.8, 4) is 0 Å².